The van der Waals surface area contributed by atoms with Crippen LogP contribution in [0.5, 0.6) is 0 Å². The van der Waals surface area contributed by atoms with Crippen LogP contribution in [0.3, 0.4) is 0 Å². The van der Waals surface area contributed by atoms with Gasteiger partial charge in [-0.25, -0.2) is 0 Å². The molecule has 0 bridgehead atoms. The number of nitrogens with one attached hydrogen (secondary N) is 1. The summed E-state index contributed by atoms with van der Waals surface area (Å²) in [6.07, 6.45) is 10.2. The summed E-state index contributed by atoms with van der Waals surface area (Å²) in [6, 6.07) is 1.48. The van der Waals surface area contributed by atoms with Gasteiger partial charge in [-0.3, -0.25) is 0 Å². The minimum absolute atomic E-state index is 0.728. The molecule has 3 atom stereocenters. The Labute approximate surface area is 114 Å². The van der Waals surface area contributed by atoms with Gasteiger partial charge in [-0.15, -0.1) is 0 Å². The van der Waals surface area contributed by atoms with E-state index in [4.69, 9.17) is 0 Å². The molecule has 106 valence electrons. The van der Waals surface area contributed by atoms with E-state index in [1.54, 1.807) is 0 Å². The smallest absolute Gasteiger partial charge is 0.0117 e. The normalized spacial score (nSPS) is 35.8. The highest BCUT2D eigenvalue weighted by molar-refractivity contribution is 4.88. The first-order valence-corrected chi connectivity index (χ1v) is 8.13. The van der Waals surface area contributed by atoms with Crippen molar-refractivity contribution in [1.29, 1.82) is 0 Å². The van der Waals surface area contributed by atoms with E-state index in [0.717, 1.165) is 23.9 Å². The fraction of sp³-hybridized carbons (Fsp3) is 1.00. The van der Waals surface area contributed by atoms with Gasteiger partial charge in [-0.2, -0.15) is 0 Å². The number of likely N-dealkylation sites (tertiary alicyclic amines) is 1. The largest absolute Gasteiger partial charge is 0.317 e. The highest BCUT2D eigenvalue weighted by Crippen LogP contribution is 2.28. The molecule has 0 amide bonds. The molecule has 2 aliphatic rings. The van der Waals surface area contributed by atoms with E-state index in [0.29, 0.717) is 0 Å². The second-order valence-electron chi connectivity index (χ2n) is 6.61. The van der Waals surface area contributed by atoms with Crippen LogP contribution in [0.15, 0.2) is 0 Å². The van der Waals surface area contributed by atoms with Crippen molar-refractivity contribution in [2.75, 3.05) is 20.1 Å². The molecule has 2 heteroatoms. The maximum Gasteiger partial charge on any atom is 0.0117 e. The third kappa shape index (κ3) is 3.48. The molecule has 1 aliphatic carbocycles. The second kappa shape index (κ2) is 6.91. The molecule has 1 saturated heterocycles. The van der Waals surface area contributed by atoms with Gasteiger partial charge < -0.3 is 10.2 Å². The van der Waals surface area contributed by atoms with Gasteiger partial charge in [0.25, 0.3) is 0 Å². The number of nitrogens with zero attached hydrogens (tertiary/aromatic N) is 1. The van der Waals surface area contributed by atoms with E-state index >= 15 is 0 Å². The average Bonchev–Trinajstić information content (AvgIpc) is 2.42. The molecule has 1 aliphatic heterocycles. The first-order chi connectivity index (χ1) is 8.72. The van der Waals surface area contributed by atoms with Crippen molar-refractivity contribution in [1.82, 2.24) is 10.2 Å². The molecule has 0 spiro atoms. The number of piperidine rings is 1. The zero-order valence-corrected chi connectivity index (χ0v) is 12.6. The summed E-state index contributed by atoms with van der Waals surface area (Å²) in [7, 11) is 2.12. The Kier molecular flexibility index (Phi) is 5.50. The maximum atomic E-state index is 3.48. The molecule has 0 aromatic heterocycles. The lowest BCUT2D eigenvalue weighted by Gasteiger charge is -2.43. The van der Waals surface area contributed by atoms with Gasteiger partial charge in [0.1, 0.15) is 0 Å². The Morgan fingerprint density at radius 3 is 2.44 bits per heavy atom. The lowest BCUT2D eigenvalue weighted by molar-refractivity contribution is 0.0798. The monoisotopic (exact) mass is 252 g/mol. The minimum Gasteiger partial charge on any atom is -0.317 e. The van der Waals surface area contributed by atoms with Gasteiger partial charge >= 0.3 is 0 Å². The summed E-state index contributed by atoms with van der Waals surface area (Å²) in [5.41, 5.74) is 0. The Morgan fingerprint density at radius 1 is 1.06 bits per heavy atom. The first-order valence-electron chi connectivity index (χ1n) is 8.13. The molecular formula is C16H32N2. The third-order valence-electron chi connectivity index (χ3n) is 5.62. The Hall–Kier alpha value is -0.0800. The van der Waals surface area contributed by atoms with Gasteiger partial charge in [0.15, 0.2) is 0 Å². The quantitative estimate of drug-likeness (QED) is 0.826. The predicted octanol–water partition coefficient (Wildman–Crippen LogP) is 3.28. The van der Waals surface area contributed by atoms with Crippen LogP contribution >= 0.6 is 0 Å². The van der Waals surface area contributed by atoms with Crippen LogP contribution in [-0.2, 0) is 0 Å². The zero-order chi connectivity index (χ0) is 13.0. The van der Waals surface area contributed by atoms with Crippen LogP contribution in [0.2, 0.25) is 0 Å². The highest BCUT2D eigenvalue weighted by Gasteiger charge is 2.31. The molecule has 0 radical (unpaired) electrons. The van der Waals surface area contributed by atoms with Gasteiger partial charge in [0.2, 0.25) is 0 Å². The highest BCUT2D eigenvalue weighted by atomic mass is 15.2. The van der Waals surface area contributed by atoms with Crippen molar-refractivity contribution in [3.05, 3.63) is 0 Å². The van der Waals surface area contributed by atoms with Crippen molar-refractivity contribution in [3.63, 3.8) is 0 Å². The van der Waals surface area contributed by atoms with Crippen LogP contribution in [0, 0.1) is 11.8 Å². The Bertz CT molecular complexity index is 235. The molecule has 3 unspecified atom stereocenters. The number of hydrogen-bond acceptors (Lipinski definition) is 2. The van der Waals surface area contributed by atoms with E-state index < -0.39 is 0 Å². The van der Waals surface area contributed by atoms with Crippen LogP contribution in [0.4, 0.5) is 0 Å². The predicted molar refractivity (Wildman–Crippen MR) is 78.9 cm³/mol. The van der Waals surface area contributed by atoms with Crippen LogP contribution in [-0.4, -0.2) is 37.1 Å². The lowest BCUT2D eigenvalue weighted by Crippen LogP contribution is -2.52. The lowest BCUT2D eigenvalue weighted by atomic mass is 9.84. The maximum absolute atomic E-state index is 3.48. The molecule has 2 fully saturated rings. The summed E-state index contributed by atoms with van der Waals surface area (Å²) in [5.74, 6) is 1.82. The first kappa shape index (κ1) is 14.3. The van der Waals surface area contributed by atoms with E-state index in [-0.39, 0.29) is 0 Å². The van der Waals surface area contributed by atoms with Crippen molar-refractivity contribution in [2.24, 2.45) is 11.8 Å². The molecule has 0 aromatic carbocycles. The molecular weight excluding hydrogens is 220 g/mol. The van der Waals surface area contributed by atoms with Gasteiger partial charge in [0, 0.05) is 12.1 Å². The van der Waals surface area contributed by atoms with Crippen molar-refractivity contribution in [3.8, 4) is 0 Å². The van der Waals surface area contributed by atoms with E-state index in [9.17, 15) is 0 Å². The van der Waals surface area contributed by atoms with Gasteiger partial charge in [-0.1, -0.05) is 39.0 Å². The van der Waals surface area contributed by atoms with Gasteiger partial charge in [0.05, 0.1) is 0 Å². The summed E-state index contributed by atoms with van der Waals surface area (Å²) in [5, 5.41) is 3.48. The molecule has 18 heavy (non-hydrogen) atoms. The van der Waals surface area contributed by atoms with E-state index in [1.807, 2.05) is 0 Å². The topological polar surface area (TPSA) is 15.3 Å². The SMILES string of the molecule is CNC1CCN(CCC2CCCCC2)C(C)C1C. The van der Waals surface area contributed by atoms with E-state index in [1.165, 1.54) is 58.0 Å². The molecule has 0 aromatic rings. The molecule has 1 saturated carbocycles. The average molecular weight is 252 g/mol. The molecule has 1 heterocycles. The Balaban J connectivity index is 1.75. The fourth-order valence-corrected chi connectivity index (χ4v) is 3.99. The molecule has 1 N–H and O–H groups in total. The van der Waals surface area contributed by atoms with Crippen LogP contribution < -0.4 is 5.32 Å². The summed E-state index contributed by atoms with van der Waals surface area (Å²) in [6.45, 7) is 7.48. The number of rotatable bonds is 4. The van der Waals surface area contributed by atoms with Gasteiger partial charge in [-0.05, 0) is 51.7 Å². The summed E-state index contributed by atoms with van der Waals surface area (Å²) >= 11 is 0. The summed E-state index contributed by atoms with van der Waals surface area (Å²) in [4.78, 5) is 2.74. The fourth-order valence-electron chi connectivity index (χ4n) is 3.99. The van der Waals surface area contributed by atoms with Crippen molar-refractivity contribution >= 4 is 0 Å². The molecule has 2 nitrogen and oxygen atoms in total. The van der Waals surface area contributed by atoms with Crippen LogP contribution in [0.1, 0.15) is 58.8 Å². The minimum atomic E-state index is 0.728. The van der Waals surface area contributed by atoms with Crippen LogP contribution in [0.25, 0.3) is 0 Å². The molecule has 2 rings (SSSR count). The zero-order valence-electron chi connectivity index (χ0n) is 12.6. The third-order valence-corrected chi connectivity index (χ3v) is 5.62. The van der Waals surface area contributed by atoms with Crippen molar-refractivity contribution in [2.45, 2.75) is 70.9 Å². The van der Waals surface area contributed by atoms with Crippen molar-refractivity contribution < 1.29 is 0 Å². The Morgan fingerprint density at radius 2 is 1.78 bits per heavy atom. The second-order valence-corrected chi connectivity index (χ2v) is 6.61. The standard InChI is InChI=1S/C16H32N2/c1-13-14(2)18(12-10-16(13)17-3)11-9-15-7-5-4-6-8-15/h13-17H,4-12H2,1-3H3. The van der Waals surface area contributed by atoms with E-state index in [2.05, 4.69) is 31.1 Å². The summed E-state index contributed by atoms with van der Waals surface area (Å²) < 4.78 is 0. The number of hydrogen-bond donors (Lipinski definition) is 1.